The van der Waals surface area contributed by atoms with E-state index in [0.717, 1.165) is 6.07 Å². The van der Waals surface area contributed by atoms with Gasteiger partial charge >= 0.3 is 0 Å². The summed E-state index contributed by atoms with van der Waals surface area (Å²) < 4.78 is 36.0. The minimum absolute atomic E-state index is 0.0114. The molecule has 4 heteroatoms. The van der Waals surface area contributed by atoms with E-state index in [2.05, 4.69) is 0 Å². The van der Waals surface area contributed by atoms with Crippen molar-refractivity contribution in [3.05, 3.63) is 23.8 Å². The van der Waals surface area contributed by atoms with Crippen LogP contribution in [0.15, 0.2) is 12.1 Å². The Hall–Kier alpha value is -1.32. The van der Waals surface area contributed by atoms with Gasteiger partial charge in [0, 0.05) is 12.1 Å². The van der Waals surface area contributed by atoms with Crippen molar-refractivity contribution >= 4 is 0 Å². The summed E-state index contributed by atoms with van der Waals surface area (Å²) >= 11 is 0. The minimum atomic E-state index is -0.715. The molecule has 1 aromatic rings. The van der Waals surface area contributed by atoms with Crippen LogP contribution in [0.4, 0.5) is 8.78 Å². The molecule has 0 spiro atoms. The molecule has 78 valence electrons. The molecule has 0 aliphatic carbocycles. The van der Waals surface area contributed by atoms with Gasteiger partial charge in [-0.05, 0) is 13.8 Å². The quantitative estimate of drug-likeness (QED) is 0.747. The average Bonchev–Trinajstić information content (AvgIpc) is 2.14. The molecule has 0 N–H and O–H groups in total. The summed E-state index contributed by atoms with van der Waals surface area (Å²) in [6.07, 6.45) is 0. The molecule has 0 saturated heterocycles. The van der Waals surface area contributed by atoms with Crippen molar-refractivity contribution in [3.63, 3.8) is 0 Å². The van der Waals surface area contributed by atoms with Gasteiger partial charge in [0.1, 0.15) is 0 Å². The Balaban J connectivity index is 3.00. The van der Waals surface area contributed by atoms with Crippen molar-refractivity contribution in [2.24, 2.45) is 0 Å². The molecule has 0 fully saturated rings. The first kappa shape index (κ1) is 10.8. The highest BCUT2D eigenvalue weighted by Crippen LogP contribution is 2.26. The van der Waals surface area contributed by atoms with Crippen LogP contribution in [0, 0.1) is 11.6 Å². The number of benzene rings is 1. The van der Waals surface area contributed by atoms with E-state index < -0.39 is 11.6 Å². The van der Waals surface area contributed by atoms with Gasteiger partial charge in [-0.1, -0.05) is 0 Å². The normalized spacial score (nSPS) is 10.0. The first-order valence-electron chi connectivity index (χ1n) is 4.43. The van der Waals surface area contributed by atoms with Gasteiger partial charge in [0.15, 0.2) is 23.1 Å². The molecule has 0 amide bonds. The van der Waals surface area contributed by atoms with Crippen molar-refractivity contribution in [1.82, 2.24) is 0 Å². The van der Waals surface area contributed by atoms with Crippen LogP contribution in [0.2, 0.25) is 0 Å². The second kappa shape index (κ2) is 4.79. The molecule has 1 rings (SSSR count). The number of hydrogen-bond donors (Lipinski definition) is 0. The molecule has 0 saturated carbocycles. The number of rotatable bonds is 4. The van der Waals surface area contributed by atoms with E-state index in [1.54, 1.807) is 13.8 Å². The molecular formula is C10H12F2O2. The van der Waals surface area contributed by atoms with E-state index in [4.69, 9.17) is 9.47 Å². The summed E-state index contributed by atoms with van der Waals surface area (Å²) in [6.45, 7) is 4.11. The molecule has 2 nitrogen and oxygen atoms in total. The molecule has 0 aliphatic rings. The van der Waals surface area contributed by atoms with Crippen molar-refractivity contribution < 1.29 is 18.3 Å². The summed E-state index contributed by atoms with van der Waals surface area (Å²) in [5.41, 5.74) is 0. The van der Waals surface area contributed by atoms with E-state index in [9.17, 15) is 8.78 Å². The van der Waals surface area contributed by atoms with Crippen molar-refractivity contribution in [2.75, 3.05) is 13.2 Å². The van der Waals surface area contributed by atoms with Crippen LogP contribution in [0.1, 0.15) is 13.8 Å². The van der Waals surface area contributed by atoms with Crippen LogP contribution < -0.4 is 9.47 Å². The lowest BCUT2D eigenvalue weighted by Gasteiger charge is -2.08. The van der Waals surface area contributed by atoms with Gasteiger partial charge in [-0.3, -0.25) is 0 Å². The summed E-state index contributed by atoms with van der Waals surface area (Å²) in [4.78, 5) is 0. The Morgan fingerprint density at radius 1 is 0.929 bits per heavy atom. The van der Waals surface area contributed by atoms with Gasteiger partial charge in [-0.15, -0.1) is 0 Å². The second-order valence-electron chi connectivity index (χ2n) is 2.58. The molecule has 14 heavy (non-hydrogen) atoms. The highest BCUT2D eigenvalue weighted by atomic mass is 19.1. The maximum Gasteiger partial charge on any atom is 0.168 e. The second-order valence-corrected chi connectivity index (χ2v) is 2.58. The first-order valence-corrected chi connectivity index (χ1v) is 4.43. The molecule has 0 aromatic heterocycles. The monoisotopic (exact) mass is 202 g/mol. The zero-order valence-electron chi connectivity index (χ0n) is 8.14. The van der Waals surface area contributed by atoms with Crippen LogP contribution in [0.5, 0.6) is 11.5 Å². The van der Waals surface area contributed by atoms with Gasteiger partial charge in [-0.25, -0.2) is 8.78 Å². The zero-order chi connectivity index (χ0) is 10.6. The lowest BCUT2D eigenvalue weighted by atomic mass is 10.3. The minimum Gasteiger partial charge on any atom is -0.491 e. The molecule has 0 heterocycles. The smallest absolute Gasteiger partial charge is 0.168 e. The van der Waals surface area contributed by atoms with Crippen LogP contribution in [0.3, 0.4) is 0 Å². The van der Waals surface area contributed by atoms with Crippen molar-refractivity contribution in [2.45, 2.75) is 13.8 Å². The lowest BCUT2D eigenvalue weighted by Crippen LogP contribution is -1.99. The Morgan fingerprint density at radius 2 is 1.36 bits per heavy atom. The SMILES string of the molecule is CCOc1cc(OCC)c(F)cc1F. The Morgan fingerprint density at radius 3 is 1.71 bits per heavy atom. The van der Waals surface area contributed by atoms with E-state index >= 15 is 0 Å². The topological polar surface area (TPSA) is 18.5 Å². The third kappa shape index (κ3) is 2.34. The summed E-state index contributed by atoms with van der Waals surface area (Å²) in [7, 11) is 0. The molecule has 0 aliphatic heterocycles. The molecule has 0 radical (unpaired) electrons. The fraction of sp³-hybridized carbons (Fsp3) is 0.400. The number of ether oxygens (including phenoxy) is 2. The van der Waals surface area contributed by atoms with Crippen LogP contribution >= 0.6 is 0 Å². The maximum absolute atomic E-state index is 13.0. The number of hydrogen-bond acceptors (Lipinski definition) is 2. The van der Waals surface area contributed by atoms with Gasteiger partial charge in [0.25, 0.3) is 0 Å². The van der Waals surface area contributed by atoms with Gasteiger partial charge in [-0.2, -0.15) is 0 Å². The first-order chi connectivity index (χ1) is 6.69. The van der Waals surface area contributed by atoms with Crippen LogP contribution in [-0.2, 0) is 0 Å². The highest BCUT2D eigenvalue weighted by Gasteiger charge is 2.11. The standard InChI is InChI=1S/C10H12F2O2/c1-3-13-9-6-10(14-4-2)8(12)5-7(9)11/h5-6H,3-4H2,1-2H3. The fourth-order valence-corrected chi connectivity index (χ4v) is 1.04. The highest BCUT2D eigenvalue weighted by molar-refractivity contribution is 5.35. The largest absolute Gasteiger partial charge is 0.491 e. The maximum atomic E-state index is 13.0. The van der Waals surface area contributed by atoms with Crippen LogP contribution in [-0.4, -0.2) is 13.2 Å². The predicted octanol–water partition coefficient (Wildman–Crippen LogP) is 2.76. The zero-order valence-corrected chi connectivity index (χ0v) is 8.14. The van der Waals surface area contributed by atoms with Gasteiger partial charge in [0.05, 0.1) is 13.2 Å². The third-order valence-electron chi connectivity index (χ3n) is 1.59. The third-order valence-corrected chi connectivity index (χ3v) is 1.59. The number of halogens is 2. The Kier molecular flexibility index (Phi) is 3.68. The molecule has 0 bridgehead atoms. The fourth-order valence-electron chi connectivity index (χ4n) is 1.04. The van der Waals surface area contributed by atoms with E-state index in [0.29, 0.717) is 13.2 Å². The summed E-state index contributed by atoms with van der Waals surface area (Å²) in [5.74, 6) is -1.41. The average molecular weight is 202 g/mol. The Labute approximate surface area is 81.4 Å². The van der Waals surface area contributed by atoms with Crippen LogP contribution in [0.25, 0.3) is 0 Å². The molecule has 0 unspecified atom stereocenters. The van der Waals surface area contributed by atoms with E-state index in [-0.39, 0.29) is 11.5 Å². The lowest BCUT2D eigenvalue weighted by molar-refractivity contribution is 0.299. The molecule has 0 atom stereocenters. The van der Waals surface area contributed by atoms with Crippen molar-refractivity contribution in [3.8, 4) is 11.5 Å². The summed E-state index contributed by atoms with van der Waals surface area (Å²) in [5, 5.41) is 0. The van der Waals surface area contributed by atoms with E-state index in [1.165, 1.54) is 6.07 Å². The van der Waals surface area contributed by atoms with Crippen molar-refractivity contribution in [1.29, 1.82) is 0 Å². The molecule has 1 aromatic carbocycles. The van der Waals surface area contributed by atoms with E-state index in [1.807, 2.05) is 0 Å². The summed E-state index contributed by atoms with van der Waals surface area (Å²) in [6, 6.07) is 1.98. The molecular weight excluding hydrogens is 190 g/mol. The van der Waals surface area contributed by atoms with Gasteiger partial charge < -0.3 is 9.47 Å². The van der Waals surface area contributed by atoms with Gasteiger partial charge in [0.2, 0.25) is 0 Å². The predicted molar refractivity (Wildman–Crippen MR) is 48.7 cm³/mol. The Bertz CT molecular complexity index is 286.